The quantitative estimate of drug-likeness (QED) is 0.777. The van der Waals surface area contributed by atoms with Crippen molar-refractivity contribution in [2.45, 2.75) is 19.9 Å². The third-order valence-electron chi connectivity index (χ3n) is 3.89. The van der Waals surface area contributed by atoms with Crippen LogP contribution >= 0.6 is 0 Å². The molecule has 0 aliphatic heterocycles. The molecule has 1 heterocycles. The summed E-state index contributed by atoms with van der Waals surface area (Å²) in [6.45, 7) is 4.30. The van der Waals surface area contributed by atoms with Crippen LogP contribution in [0, 0.1) is 13.8 Å². The molecule has 0 aliphatic rings. The molecule has 1 aromatic heterocycles. The van der Waals surface area contributed by atoms with Crippen LogP contribution in [0.3, 0.4) is 0 Å². The molecule has 0 amide bonds. The first-order valence-corrected chi connectivity index (χ1v) is 7.27. The number of aryl methyl sites for hydroxylation is 2. The van der Waals surface area contributed by atoms with E-state index in [1.807, 2.05) is 19.4 Å². The normalized spacial score (nSPS) is 12.5. The Balaban J connectivity index is 2.18. The number of fused-ring (bicyclic) bond motifs is 1. The highest BCUT2D eigenvalue weighted by Gasteiger charge is 2.15. The maximum Gasteiger partial charge on any atom is 0.0580 e. The topological polar surface area (TPSA) is 24.9 Å². The predicted octanol–water partition coefficient (Wildman–Crippen LogP) is 4.16. The number of pyridine rings is 1. The summed E-state index contributed by atoms with van der Waals surface area (Å²) in [4.78, 5) is 4.22. The van der Waals surface area contributed by atoms with Crippen LogP contribution in [-0.2, 0) is 0 Å². The first-order chi connectivity index (χ1) is 10.2. The molecule has 21 heavy (non-hydrogen) atoms. The van der Waals surface area contributed by atoms with Gasteiger partial charge in [-0.3, -0.25) is 4.98 Å². The maximum atomic E-state index is 4.22. The first-order valence-electron chi connectivity index (χ1n) is 7.27. The highest BCUT2D eigenvalue weighted by molar-refractivity contribution is 5.85. The summed E-state index contributed by atoms with van der Waals surface area (Å²) in [5.41, 5.74) is 5.20. The van der Waals surface area contributed by atoms with Crippen LogP contribution in [0.1, 0.15) is 28.3 Å². The van der Waals surface area contributed by atoms with Crippen LogP contribution in [0.4, 0.5) is 0 Å². The van der Waals surface area contributed by atoms with Gasteiger partial charge in [0.1, 0.15) is 0 Å². The fourth-order valence-electron chi connectivity index (χ4n) is 3.08. The third kappa shape index (κ3) is 2.67. The molecular weight excluding hydrogens is 256 g/mol. The number of benzene rings is 2. The van der Waals surface area contributed by atoms with Crippen molar-refractivity contribution >= 4 is 10.8 Å². The molecule has 0 bridgehead atoms. The Morgan fingerprint density at radius 2 is 1.76 bits per heavy atom. The smallest absolute Gasteiger partial charge is 0.0580 e. The van der Waals surface area contributed by atoms with Gasteiger partial charge in [-0.1, -0.05) is 47.5 Å². The fourth-order valence-corrected chi connectivity index (χ4v) is 3.08. The Hall–Kier alpha value is -2.19. The molecule has 0 saturated carbocycles. The van der Waals surface area contributed by atoms with E-state index in [1.165, 1.54) is 33.0 Å². The minimum absolute atomic E-state index is 0.190. The molecule has 0 radical (unpaired) electrons. The van der Waals surface area contributed by atoms with Crippen LogP contribution in [0.15, 0.2) is 54.9 Å². The summed E-state index contributed by atoms with van der Waals surface area (Å²) < 4.78 is 0. The van der Waals surface area contributed by atoms with E-state index in [1.54, 1.807) is 0 Å². The molecule has 0 fully saturated rings. The van der Waals surface area contributed by atoms with Crippen molar-refractivity contribution in [3.63, 3.8) is 0 Å². The highest BCUT2D eigenvalue weighted by atomic mass is 14.9. The summed E-state index contributed by atoms with van der Waals surface area (Å²) in [7, 11) is 2.02. The number of nitrogens with one attached hydrogen (secondary N) is 1. The Morgan fingerprint density at radius 3 is 2.48 bits per heavy atom. The lowest BCUT2D eigenvalue weighted by Gasteiger charge is -2.20. The van der Waals surface area contributed by atoms with E-state index in [4.69, 9.17) is 0 Å². The van der Waals surface area contributed by atoms with Crippen molar-refractivity contribution in [2.75, 3.05) is 7.05 Å². The van der Waals surface area contributed by atoms with Crippen molar-refractivity contribution in [1.29, 1.82) is 0 Å². The predicted molar refractivity (Wildman–Crippen MR) is 88.6 cm³/mol. The van der Waals surface area contributed by atoms with Crippen LogP contribution in [0.2, 0.25) is 0 Å². The van der Waals surface area contributed by atoms with Gasteiger partial charge in [0.05, 0.1) is 6.04 Å². The van der Waals surface area contributed by atoms with E-state index in [9.17, 15) is 0 Å². The lowest BCUT2D eigenvalue weighted by Crippen LogP contribution is -2.18. The zero-order chi connectivity index (χ0) is 14.8. The monoisotopic (exact) mass is 276 g/mol. The Labute approximate surface area is 125 Å². The van der Waals surface area contributed by atoms with Gasteiger partial charge in [-0.05, 0) is 43.5 Å². The average molecular weight is 276 g/mol. The standard InChI is InChI=1S/C19H20N2/c1-13-9-14(2)11-16(10-13)19(20-3)18-6-4-5-15-12-21-8-7-17(15)18/h4-12,19-20H,1-3H3. The van der Waals surface area contributed by atoms with Crippen molar-refractivity contribution in [3.8, 4) is 0 Å². The summed E-state index contributed by atoms with van der Waals surface area (Å²) >= 11 is 0. The van der Waals surface area contributed by atoms with E-state index < -0.39 is 0 Å². The zero-order valence-electron chi connectivity index (χ0n) is 12.7. The zero-order valence-corrected chi connectivity index (χ0v) is 12.7. The summed E-state index contributed by atoms with van der Waals surface area (Å²) in [5, 5.41) is 5.90. The molecular formula is C19H20N2. The van der Waals surface area contributed by atoms with E-state index in [0.717, 1.165) is 0 Å². The Morgan fingerprint density at radius 1 is 1.00 bits per heavy atom. The van der Waals surface area contributed by atoms with Gasteiger partial charge in [-0.2, -0.15) is 0 Å². The second-order valence-electron chi connectivity index (χ2n) is 5.59. The number of aromatic nitrogens is 1. The first kappa shape index (κ1) is 13.8. The fraction of sp³-hybridized carbons (Fsp3) is 0.211. The molecule has 1 atom stereocenters. The maximum absolute atomic E-state index is 4.22. The molecule has 0 saturated heterocycles. The minimum Gasteiger partial charge on any atom is -0.309 e. The molecule has 2 nitrogen and oxygen atoms in total. The number of hydrogen-bond donors (Lipinski definition) is 1. The van der Waals surface area contributed by atoms with Gasteiger partial charge < -0.3 is 5.32 Å². The van der Waals surface area contributed by atoms with Gasteiger partial charge in [0, 0.05) is 17.8 Å². The van der Waals surface area contributed by atoms with Crippen LogP contribution in [0.5, 0.6) is 0 Å². The average Bonchev–Trinajstić information content (AvgIpc) is 2.47. The second-order valence-corrected chi connectivity index (χ2v) is 5.59. The van der Waals surface area contributed by atoms with Gasteiger partial charge in [-0.25, -0.2) is 0 Å². The molecule has 0 aliphatic carbocycles. The highest BCUT2D eigenvalue weighted by Crippen LogP contribution is 2.29. The van der Waals surface area contributed by atoms with Gasteiger partial charge in [0.15, 0.2) is 0 Å². The molecule has 3 rings (SSSR count). The molecule has 1 N–H and O–H groups in total. The largest absolute Gasteiger partial charge is 0.309 e. The lowest BCUT2D eigenvalue weighted by atomic mass is 9.92. The van der Waals surface area contributed by atoms with E-state index in [0.29, 0.717) is 0 Å². The van der Waals surface area contributed by atoms with Crippen molar-refractivity contribution in [2.24, 2.45) is 0 Å². The van der Waals surface area contributed by atoms with Gasteiger partial charge in [-0.15, -0.1) is 0 Å². The molecule has 106 valence electrons. The molecule has 0 spiro atoms. The summed E-state index contributed by atoms with van der Waals surface area (Å²) in [6.07, 6.45) is 3.78. The van der Waals surface area contributed by atoms with Crippen molar-refractivity contribution in [1.82, 2.24) is 10.3 Å². The van der Waals surface area contributed by atoms with Gasteiger partial charge >= 0.3 is 0 Å². The molecule has 2 heteroatoms. The van der Waals surface area contributed by atoms with Crippen LogP contribution in [-0.4, -0.2) is 12.0 Å². The number of rotatable bonds is 3. The summed E-state index contributed by atoms with van der Waals surface area (Å²) in [5.74, 6) is 0. The van der Waals surface area contributed by atoms with E-state index in [2.05, 4.69) is 66.6 Å². The molecule has 3 aromatic rings. The third-order valence-corrected chi connectivity index (χ3v) is 3.89. The van der Waals surface area contributed by atoms with Crippen LogP contribution in [0.25, 0.3) is 10.8 Å². The number of nitrogens with zero attached hydrogens (tertiary/aromatic N) is 1. The Bertz CT molecular complexity index is 752. The van der Waals surface area contributed by atoms with E-state index in [-0.39, 0.29) is 6.04 Å². The SMILES string of the molecule is CNC(c1cc(C)cc(C)c1)c1cccc2cnccc12. The Kier molecular flexibility index (Phi) is 3.72. The molecule has 2 aromatic carbocycles. The lowest BCUT2D eigenvalue weighted by molar-refractivity contribution is 0.695. The van der Waals surface area contributed by atoms with E-state index >= 15 is 0 Å². The van der Waals surface area contributed by atoms with Crippen molar-refractivity contribution in [3.05, 3.63) is 77.1 Å². The molecule has 1 unspecified atom stereocenters. The minimum atomic E-state index is 0.190. The van der Waals surface area contributed by atoms with Gasteiger partial charge in [0.25, 0.3) is 0 Å². The van der Waals surface area contributed by atoms with Gasteiger partial charge in [0.2, 0.25) is 0 Å². The van der Waals surface area contributed by atoms with Crippen molar-refractivity contribution < 1.29 is 0 Å². The summed E-state index contributed by atoms with van der Waals surface area (Å²) in [6, 6.07) is 15.4. The number of hydrogen-bond acceptors (Lipinski definition) is 2. The van der Waals surface area contributed by atoms with Crippen LogP contribution < -0.4 is 5.32 Å². The second kappa shape index (κ2) is 5.66.